The zero-order chi connectivity index (χ0) is 12.0. The standard InChI is InChI=1S/C12H27NO2/c1-8(2)5-9(3)6-10(4)12(15)11(13)7-14/h8-12,14-15H,5-7,13H2,1-4H3. The van der Waals surface area contributed by atoms with Gasteiger partial charge in [-0.2, -0.15) is 0 Å². The lowest BCUT2D eigenvalue weighted by atomic mass is 9.86. The molecule has 3 heteroatoms. The Morgan fingerprint density at radius 3 is 2.00 bits per heavy atom. The molecule has 0 bridgehead atoms. The van der Waals surface area contributed by atoms with Gasteiger partial charge in [-0.1, -0.05) is 27.7 Å². The fraction of sp³-hybridized carbons (Fsp3) is 1.00. The minimum absolute atomic E-state index is 0.149. The molecule has 0 aromatic rings. The van der Waals surface area contributed by atoms with Gasteiger partial charge in [-0.25, -0.2) is 0 Å². The molecule has 4 N–H and O–H groups in total. The van der Waals surface area contributed by atoms with Crippen LogP contribution in [0.2, 0.25) is 0 Å². The van der Waals surface area contributed by atoms with Crippen LogP contribution in [0.15, 0.2) is 0 Å². The van der Waals surface area contributed by atoms with Crippen LogP contribution < -0.4 is 5.73 Å². The van der Waals surface area contributed by atoms with Gasteiger partial charge in [-0.05, 0) is 30.6 Å². The Bertz CT molecular complexity index is 162. The average molecular weight is 217 g/mol. The zero-order valence-corrected chi connectivity index (χ0v) is 10.5. The molecule has 4 unspecified atom stereocenters. The summed E-state index contributed by atoms with van der Waals surface area (Å²) in [6, 6.07) is -0.508. The van der Waals surface area contributed by atoms with Crippen molar-refractivity contribution in [1.82, 2.24) is 0 Å². The summed E-state index contributed by atoms with van der Waals surface area (Å²) in [5.41, 5.74) is 5.59. The second-order valence-electron chi connectivity index (χ2n) is 5.28. The molecular formula is C12H27NO2. The summed E-state index contributed by atoms with van der Waals surface area (Å²) in [6.07, 6.45) is 1.54. The van der Waals surface area contributed by atoms with Crippen LogP contribution in [0.25, 0.3) is 0 Å². The van der Waals surface area contributed by atoms with Crippen LogP contribution in [0.1, 0.15) is 40.5 Å². The van der Waals surface area contributed by atoms with Crippen molar-refractivity contribution >= 4 is 0 Å². The van der Waals surface area contributed by atoms with E-state index in [9.17, 15) is 5.11 Å². The SMILES string of the molecule is CC(C)CC(C)CC(C)C(O)C(N)CO. The molecule has 0 aliphatic carbocycles. The molecule has 92 valence electrons. The normalized spacial score (nSPS) is 20.0. The van der Waals surface area contributed by atoms with E-state index < -0.39 is 12.1 Å². The van der Waals surface area contributed by atoms with Gasteiger partial charge in [0.2, 0.25) is 0 Å². The van der Waals surface area contributed by atoms with Gasteiger partial charge in [0.15, 0.2) is 0 Å². The number of hydrogen-bond acceptors (Lipinski definition) is 3. The van der Waals surface area contributed by atoms with E-state index in [1.165, 1.54) is 6.42 Å². The smallest absolute Gasteiger partial charge is 0.0739 e. The maximum atomic E-state index is 9.78. The number of rotatable bonds is 7. The van der Waals surface area contributed by atoms with Crippen LogP contribution >= 0.6 is 0 Å². The highest BCUT2D eigenvalue weighted by atomic mass is 16.3. The highest BCUT2D eigenvalue weighted by Crippen LogP contribution is 2.22. The fourth-order valence-electron chi connectivity index (χ4n) is 2.21. The van der Waals surface area contributed by atoms with E-state index in [1.807, 2.05) is 6.92 Å². The van der Waals surface area contributed by atoms with Gasteiger partial charge in [-0.3, -0.25) is 0 Å². The summed E-state index contributed by atoms with van der Waals surface area (Å²) >= 11 is 0. The molecule has 0 rings (SSSR count). The first-order valence-corrected chi connectivity index (χ1v) is 5.93. The van der Waals surface area contributed by atoms with Crippen molar-refractivity contribution in [2.75, 3.05) is 6.61 Å². The third-order valence-corrected chi connectivity index (χ3v) is 2.88. The number of aliphatic hydroxyl groups excluding tert-OH is 2. The molecule has 0 aliphatic heterocycles. The molecule has 0 fully saturated rings. The Kier molecular flexibility index (Phi) is 7.14. The number of hydrogen-bond donors (Lipinski definition) is 3. The van der Waals surface area contributed by atoms with E-state index in [4.69, 9.17) is 10.8 Å². The molecule has 3 nitrogen and oxygen atoms in total. The van der Waals surface area contributed by atoms with Crippen molar-refractivity contribution in [1.29, 1.82) is 0 Å². The molecule has 0 heterocycles. The summed E-state index contributed by atoms with van der Waals surface area (Å²) in [5.74, 6) is 1.44. The number of aliphatic hydroxyl groups is 2. The molecule has 0 aliphatic rings. The summed E-state index contributed by atoms with van der Waals surface area (Å²) in [4.78, 5) is 0. The van der Waals surface area contributed by atoms with Gasteiger partial charge in [0.25, 0.3) is 0 Å². The third-order valence-electron chi connectivity index (χ3n) is 2.88. The summed E-state index contributed by atoms with van der Waals surface area (Å²) in [5, 5.41) is 18.6. The van der Waals surface area contributed by atoms with E-state index in [1.54, 1.807) is 0 Å². The van der Waals surface area contributed by atoms with Gasteiger partial charge in [0, 0.05) is 0 Å². The van der Waals surface area contributed by atoms with Crippen LogP contribution in [-0.2, 0) is 0 Å². The largest absolute Gasteiger partial charge is 0.395 e. The van der Waals surface area contributed by atoms with Crippen molar-refractivity contribution in [3.8, 4) is 0 Å². The highest BCUT2D eigenvalue weighted by Gasteiger charge is 2.22. The molecule has 0 amide bonds. The van der Waals surface area contributed by atoms with E-state index in [2.05, 4.69) is 20.8 Å². The Balaban J connectivity index is 3.95. The van der Waals surface area contributed by atoms with Crippen LogP contribution in [0.3, 0.4) is 0 Å². The predicted molar refractivity (Wildman–Crippen MR) is 63.5 cm³/mol. The Hall–Kier alpha value is -0.120. The molecule has 0 radical (unpaired) electrons. The third kappa shape index (κ3) is 6.13. The number of nitrogens with two attached hydrogens (primary N) is 1. The van der Waals surface area contributed by atoms with E-state index >= 15 is 0 Å². The molecule has 0 aromatic heterocycles. The second kappa shape index (κ2) is 7.20. The van der Waals surface area contributed by atoms with Crippen molar-refractivity contribution in [2.24, 2.45) is 23.5 Å². The first-order valence-electron chi connectivity index (χ1n) is 5.93. The van der Waals surface area contributed by atoms with Gasteiger partial charge in [-0.15, -0.1) is 0 Å². The maximum Gasteiger partial charge on any atom is 0.0739 e. The van der Waals surface area contributed by atoms with Crippen LogP contribution in [0.4, 0.5) is 0 Å². The van der Waals surface area contributed by atoms with Crippen LogP contribution in [0.5, 0.6) is 0 Å². The van der Waals surface area contributed by atoms with Crippen LogP contribution in [-0.4, -0.2) is 29.0 Å². The lowest BCUT2D eigenvalue weighted by molar-refractivity contribution is 0.0549. The minimum Gasteiger partial charge on any atom is -0.395 e. The maximum absolute atomic E-state index is 9.78. The predicted octanol–water partition coefficient (Wildman–Crippen LogP) is 1.38. The van der Waals surface area contributed by atoms with E-state index in [0.29, 0.717) is 11.8 Å². The summed E-state index contributed by atoms with van der Waals surface area (Å²) < 4.78 is 0. The van der Waals surface area contributed by atoms with E-state index in [-0.39, 0.29) is 12.5 Å². The molecule has 15 heavy (non-hydrogen) atoms. The molecule has 0 saturated carbocycles. The first kappa shape index (κ1) is 14.9. The highest BCUT2D eigenvalue weighted by molar-refractivity contribution is 4.77. The van der Waals surface area contributed by atoms with Crippen molar-refractivity contribution in [3.63, 3.8) is 0 Å². The van der Waals surface area contributed by atoms with E-state index in [0.717, 1.165) is 6.42 Å². The van der Waals surface area contributed by atoms with Gasteiger partial charge < -0.3 is 15.9 Å². The van der Waals surface area contributed by atoms with Crippen molar-refractivity contribution in [3.05, 3.63) is 0 Å². The Morgan fingerprint density at radius 2 is 1.60 bits per heavy atom. The topological polar surface area (TPSA) is 66.5 Å². The zero-order valence-electron chi connectivity index (χ0n) is 10.5. The quantitative estimate of drug-likeness (QED) is 0.603. The fourth-order valence-corrected chi connectivity index (χ4v) is 2.21. The molecular weight excluding hydrogens is 190 g/mol. The lowest BCUT2D eigenvalue weighted by Gasteiger charge is -2.26. The van der Waals surface area contributed by atoms with Crippen molar-refractivity contribution < 1.29 is 10.2 Å². The molecule has 0 spiro atoms. The van der Waals surface area contributed by atoms with Gasteiger partial charge in [0.05, 0.1) is 18.8 Å². The monoisotopic (exact) mass is 217 g/mol. The summed E-state index contributed by atoms with van der Waals surface area (Å²) in [7, 11) is 0. The molecule has 0 aromatic carbocycles. The van der Waals surface area contributed by atoms with Crippen LogP contribution in [0, 0.1) is 17.8 Å². The van der Waals surface area contributed by atoms with Crippen molar-refractivity contribution in [2.45, 2.75) is 52.7 Å². The molecule has 0 saturated heterocycles. The average Bonchev–Trinajstić information content (AvgIpc) is 2.13. The Labute approximate surface area is 93.7 Å². The van der Waals surface area contributed by atoms with Gasteiger partial charge >= 0.3 is 0 Å². The summed E-state index contributed by atoms with van der Waals surface area (Å²) in [6.45, 7) is 8.46. The Morgan fingerprint density at radius 1 is 1.07 bits per heavy atom. The van der Waals surface area contributed by atoms with Gasteiger partial charge in [0.1, 0.15) is 0 Å². The lowest BCUT2D eigenvalue weighted by Crippen LogP contribution is -2.42. The first-order chi connectivity index (χ1) is 6.88. The molecule has 4 atom stereocenters. The minimum atomic E-state index is -0.593. The second-order valence-corrected chi connectivity index (χ2v) is 5.28.